The Balaban J connectivity index is 2.06. The summed E-state index contributed by atoms with van der Waals surface area (Å²) < 4.78 is 0. The van der Waals surface area contributed by atoms with Gasteiger partial charge in [0.25, 0.3) is 0 Å². The molecule has 0 atom stereocenters. The zero-order chi connectivity index (χ0) is 19.2. The van der Waals surface area contributed by atoms with E-state index in [1.54, 1.807) is 12.1 Å². The van der Waals surface area contributed by atoms with E-state index in [0.717, 1.165) is 24.0 Å². The average molecular weight is 401 g/mol. The lowest BCUT2D eigenvalue weighted by atomic mass is 9.73. The second kappa shape index (κ2) is 9.12. The summed E-state index contributed by atoms with van der Waals surface area (Å²) in [6.45, 7) is 0. The van der Waals surface area contributed by atoms with E-state index in [1.165, 1.54) is 31.4 Å². The molecule has 4 nitrogen and oxygen atoms in total. The molecule has 0 amide bonds. The molecular formula is C21H18Cl2N2O2. The van der Waals surface area contributed by atoms with Crippen LogP contribution in [0.2, 0.25) is 10.0 Å². The van der Waals surface area contributed by atoms with Crippen LogP contribution in [-0.4, -0.2) is 12.2 Å². The molecule has 3 rings (SSSR count). The first kappa shape index (κ1) is 19.5. The Bertz CT molecular complexity index is 858. The molecule has 1 aliphatic carbocycles. The van der Waals surface area contributed by atoms with Gasteiger partial charge in [-0.1, -0.05) is 54.6 Å². The Morgan fingerprint density at radius 1 is 0.815 bits per heavy atom. The fourth-order valence-electron chi connectivity index (χ4n) is 3.92. The van der Waals surface area contributed by atoms with Gasteiger partial charge in [-0.3, -0.25) is 0 Å². The summed E-state index contributed by atoms with van der Waals surface area (Å²) in [5.74, 6) is 0.579. The Morgan fingerprint density at radius 3 is 1.70 bits per heavy atom. The smallest absolute Gasteiger partial charge is 0.211 e. The van der Waals surface area contributed by atoms with Crippen molar-refractivity contribution in [1.29, 1.82) is 0 Å². The number of aliphatic imine (C=N–C) groups is 2. The van der Waals surface area contributed by atoms with Gasteiger partial charge in [0.1, 0.15) is 0 Å². The average Bonchev–Trinajstić information content (AvgIpc) is 2.67. The lowest BCUT2D eigenvalue weighted by molar-refractivity contribution is 0.327. The zero-order valence-electron chi connectivity index (χ0n) is 14.6. The van der Waals surface area contributed by atoms with E-state index in [4.69, 9.17) is 23.2 Å². The predicted molar refractivity (Wildman–Crippen MR) is 107 cm³/mol. The summed E-state index contributed by atoms with van der Waals surface area (Å²) in [7, 11) is 0. The van der Waals surface area contributed by atoms with Crippen LogP contribution in [0.15, 0.2) is 46.4 Å². The second-order valence-electron chi connectivity index (χ2n) is 6.70. The Morgan fingerprint density at radius 2 is 1.30 bits per heavy atom. The molecule has 2 aromatic rings. The minimum Gasteiger partial charge on any atom is -0.211 e. The number of rotatable bonds is 5. The van der Waals surface area contributed by atoms with Crippen molar-refractivity contribution >= 4 is 46.7 Å². The Hall–Kier alpha value is -2.22. The van der Waals surface area contributed by atoms with Crippen molar-refractivity contribution in [2.75, 3.05) is 0 Å². The van der Waals surface area contributed by atoms with Gasteiger partial charge in [0, 0.05) is 5.92 Å². The van der Waals surface area contributed by atoms with Crippen LogP contribution >= 0.6 is 23.2 Å². The normalized spacial score (nSPS) is 15.5. The molecule has 0 unspecified atom stereocenters. The first-order valence-electron chi connectivity index (χ1n) is 8.88. The van der Waals surface area contributed by atoms with Crippen LogP contribution in [-0.2, 0) is 9.59 Å². The van der Waals surface area contributed by atoms with Crippen LogP contribution in [0.25, 0.3) is 0 Å². The minimum absolute atomic E-state index is 0.115. The van der Waals surface area contributed by atoms with E-state index in [1.807, 2.05) is 24.3 Å². The van der Waals surface area contributed by atoms with Crippen LogP contribution in [0.5, 0.6) is 0 Å². The van der Waals surface area contributed by atoms with Crippen molar-refractivity contribution in [3.8, 4) is 0 Å². The summed E-state index contributed by atoms with van der Waals surface area (Å²) in [5, 5.41) is 0.842. The maximum atomic E-state index is 10.5. The maximum absolute atomic E-state index is 10.5. The Labute approximate surface area is 167 Å². The van der Waals surface area contributed by atoms with E-state index < -0.39 is 0 Å². The van der Waals surface area contributed by atoms with Crippen LogP contribution in [0, 0.1) is 5.92 Å². The van der Waals surface area contributed by atoms with Gasteiger partial charge in [-0.2, -0.15) is 9.98 Å². The lowest BCUT2D eigenvalue weighted by Crippen LogP contribution is -2.17. The largest absolute Gasteiger partial charge is 0.240 e. The van der Waals surface area contributed by atoms with Crippen molar-refractivity contribution in [3.05, 3.63) is 57.6 Å². The monoisotopic (exact) mass is 400 g/mol. The number of hydrogen-bond donors (Lipinski definition) is 0. The number of halogens is 2. The van der Waals surface area contributed by atoms with Gasteiger partial charge in [-0.15, -0.1) is 0 Å². The molecule has 6 heteroatoms. The van der Waals surface area contributed by atoms with Crippen molar-refractivity contribution in [1.82, 2.24) is 0 Å². The van der Waals surface area contributed by atoms with E-state index in [0.29, 0.717) is 27.3 Å². The molecule has 0 aliphatic heterocycles. The zero-order valence-corrected chi connectivity index (χ0v) is 16.1. The quantitative estimate of drug-likeness (QED) is 0.417. The van der Waals surface area contributed by atoms with Gasteiger partial charge in [0.15, 0.2) is 0 Å². The third-order valence-corrected chi connectivity index (χ3v) is 5.72. The van der Waals surface area contributed by atoms with Gasteiger partial charge in [0.05, 0.1) is 21.4 Å². The molecule has 0 N–H and O–H groups in total. The molecule has 1 fully saturated rings. The summed E-state index contributed by atoms with van der Waals surface area (Å²) >= 11 is 12.6. The highest BCUT2D eigenvalue weighted by Crippen LogP contribution is 2.43. The van der Waals surface area contributed by atoms with Crippen molar-refractivity contribution in [3.63, 3.8) is 0 Å². The van der Waals surface area contributed by atoms with Crippen LogP contribution in [0.4, 0.5) is 11.4 Å². The maximum Gasteiger partial charge on any atom is 0.240 e. The third kappa shape index (κ3) is 4.55. The molecule has 0 heterocycles. The molecule has 0 saturated heterocycles. The molecule has 0 bridgehead atoms. The number of benzene rings is 2. The van der Waals surface area contributed by atoms with Gasteiger partial charge in [0.2, 0.25) is 12.2 Å². The molecule has 0 spiro atoms. The minimum atomic E-state index is 0.115. The first-order chi connectivity index (χ1) is 13.1. The fraction of sp³-hybridized carbons (Fsp3) is 0.333. The second-order valence-corrected chi connectivity index (χ2v) is 7.52. The van der Waals surface area contributed by atoms with Crippen molar-refractivity contribution in [2.24, 2.45) is 15.9 Å². The van der Waals surface area contributed by atoms with Gasteiger partial charge >= 0.3 is 0 Å². The lowest BCUT2D eigenvalue weighted by Gasteiger charge is -2.31. The molecule has 1 aliphatic rings. The highest BCUT2D eigenvalue weighted by Gasteiger charge is 2.27. The highest BCUT2D eigenvalue weighted by atomic mass is 35.5. The fourth-order valence-corrected chi connectivity index (χ4v) is 4.38. The highest BCUT2D eigenvalue weighted by molar-refractivity contribution is 6.33. The van der Waals surface area contributed by atoms with Crippen LogP contribution in [0.1, 0.15) is 49.1 Å². The number of isocyanates is 2. The summed E-state index contributed by atoms with van der Waals surface area (Å²) in [6.07, 6.45) is 8.96. The topological polar surface area (TPSA) is 58.9 Å². The molecule has 0 aromatic heterocycles. The van der Waals surface area contributed by atoms with Crippen molar-refractivity contribution < 1.29 is 9.59 Å². The van der Waals surface area contributed by atoms with Crippen LogP contribution < -0.4 is 0 Å². The Kier molecular flexibility index (Phi) is 6.60. The standard InChI is InChI=1S/C21H18Cl2N2O2/c22-17-10-15(6-8-19(17)24-12-26)21(14-4-2-1-3-5-14)16-7-9-20(25-13-27)18(23)11-16/h6-11,14,21H,1-5H2. The molecule has 27 heavy (non-hydrogen) atoms. The molecule has 2 aromatic carbocycles. The van der Waals surface area contributed by atoms with E-state index in [2.05, 4.69) is 9.98 Å². The van der Waals surface area contributed by atoms with E-state index >= 15 is 0 Å². The van der Waals surface area contributed by atoms with Crippen molar-refractivity contribution in [2.45, 2.75) is 38.0 Å². The molecule has 138 valence electrons. The van der Waals surface area contributed by atoms with Crippen LogP contribution in [0.3, 0.4) is 0 Å². The van der Waals surface area contributed by atoms with Gasteiger partial charge in [-0.05, 0) is 54.2 Å². The predicted octanol–water partition coefficient (Wildman–Crippen LogP) is 6.64. The van der Waals surface area contributed by atoms with Gasteiger partial charge < -0.3 is 0 Å². The number of nitrogens with zero attached hydrogens (tertiary/aromatic N) is 2. The first-order valence-corrected chi connectivity index (χ1v) is 9.64. The van der Waals surface area contributed by atoms with Gasteiger partial charge in [-0.25, -0.2) is 9.59 Å². The third-order valence-electron chi connectivity index (χ3n) is 5.12. The number of carbonyl (C=O) groups excluding carboxylic acids is 2. The summed E-state index contributed by atoms with van der Waals surface area (Å²) in [4.78, 5) is 28.3. The molecule has 0 radical (unpaired) electrons. The molecular weight excluding hydrogens is 383 g/mol. The van der Waals surface area contributed by atoms with E-state index in [9.17, 15) is 9.59 Å². The number of hydrogen-bond acceptors (Lipinski definition) is 4. The van der Waals surface area contributed by atoms with E-state index in [-0.39, 0.29) is 5.92 Å². The summed E-state index contributed by atoms with van der Waals surface area (Å²) in [6, 6.07) is 11.1. The summed E-state index contributed by atoms with van der Waals surface area (Å²) in [5.41, 5.74) is 2.93. The molecule has 1 saturated carbocycles. The SMILES string of the molecule is O=C=Nc1ccc(C(c2ccc(N=C=O)c(Cl)c2)C2CCCCC2)cc1Cl.